The van der Waals surface area contributed by atoms with Crippen molar-refractivity contribution in [3.63, 3.8) is 0 Å². The van der Waals surface area contributed by atoms with E-state index in [9.17, 15) is 0 Å². The van der Waals surface area contributed by atoms with Crippen LogP contribution in [0.5, 0.6) is 0 Å². The van der Waals surface area contributed by atoms with Crippen LogP contribution in [0, 0.1) is 17.3 Å². The van der Waals surface area contributed by atoms with E-state index in [1.807, 2.05) is 6.07 Å². The van der Waals surface area contributed by atoms with Crippen LogP contribution in [0.3, 0.4) is 0 Å². The maximum atomic E-state index is 6.06. The summed E-state index contributed by atoms with van der Waals surface area (Å²) in [7, 11) is 0. The molecule has 0 fully saturated rings. The summed E-state index contributed by atoms with van der Waals surface area (Å²) in [6, 6.07) is 1.78. The number of nitrogens with zero attached hydrogens (tertiary/aromatic N) is 1. The Labute approximate surface area is 120 Å². The Kier molecular flexibility index (Phi) is 5.18. The molecule has 0 aromatic carbocycles. The lowest BCUT2D eigenvalue weighted by Gasteiger charge is -2.11. The molecule has 1 rings (SSSR count). The van der Waals surface area contributed by atoms with Gasteiger partial charge in [-0.3, -0.25) is 4.98 Å². The predicted octanol–water partition coefficient (Wildman–Crippen LogP) is 4.05. The van der Waals surface area contributed by atoms with Crippen molar-refractivity contribution in [1.29, 1.82) is 0 Å². The monoisotopic (exact) mass is 358 g/mol. The molecule has 0 aliphatic heterocycles. The van der Waals surface area contributed by atoms with Gasteiger partial charge in [-0.2, -0.15) is 0 Å². The van der Waals surface area contributed by atoms with Gasteiger partial charge in [-0.15, -0.1) is 5.92 Å². The van der Waals surface area contributed by atoms with E-state index in [2.05, 4.69) is 69.5 Å². The molecular formula is C13H16Br2N2. The summed E-state index contributed by atoms with van der Waals surface area (Å²) < 4.78 is 1.85. The second-order valence-corrected chi connectivity index (χ2v) is 6.65. The number of hydrogen-bond donors (Lipinski definition) is 1. The van der Waals surface area contributed by atoms with Gasteiger partial charge in [0.1, 0.15) is 0 Å². The molecule has 4 heteroatoms. The van der Waals surface area contributed by atoms with E-state index in [-0.39, 0.29) is 11.5 Å². The normalized spacial score (nSPS) is 12.8. The maximum absolute atomic E-state index is 6.06. The van der Waals surface area contributed by atoms with Crippen molar-refractivity contribution in [3.8, 4) is 11.8 Å². The van der Waals surface area contributed by atoms with Crippen molar-refractivity contribution in [2.24, 2.45) is 11.1 Å². The highest BCUT2D eigenvalue weighted by atomic mass is 79.9. The maximum Gasteiger partial charge on any atom is 0.0723 e. The number of nitrogens with two attached hydrogens (primary N) is 1. The second kappa shape index (κ2) is 5.99. The minimum Gasteiger partial charge on any atom is -0.322 e. The quantitative estimate of drug-likeness (QED) is 0.809. The van der Waals surface area contributed by atoms with E-state index in [1.54, 1.807) is 6.20 Å². The fraction of sp³-hybridized carbons (Fsp3) is 0.462. The van der Waals surface area contributed by atoms with E-state index in [0.29, 0.717) is 6.42 Å². The van der Waals surface area contributed by atoms with Crippen LogP contribution in [0.25, 0.3) is 0 Å². The Morgan fingerprint density at radius 1 is 1.41 bits per heavy atom. The Balaban J connectivity index is 2.76. The molecular weight excluding hydrogens is 344 g/mol. The van der Waals surface area contributed by atoms with Crippen molar-refractivity contribution in [2.75, 3.05) is 0 Å². The van der Waals surface area contributed by atoms with Gasteiger partial charge in [-0.1, -0.05) is 5.92 Å². The largest absolute Gasteiger partial charge is 0.322 e. The molecule has 1 heterocycles. The summed E-state index contributed by atoms with van der Waals surface area (Å²) in [5.74, 6) is 6.29. The first-order valence-corrected chi connectivity index (χ1v) is 6.95. The van der Waals surface area contributed by atoms with Crippen LogP contribution in [0.4, 0.5) is 0 Å². The van der Waals surface area contributed by atoms with Gasteiger partial charge < -0.3 is 5.73 Å². The Morgan fingerprint density at radius 3 is 2.59 bits per heavy atom. The van der Waals surface area contributed by atoms with Gasteiger partial charge in [0.05, 0.1) is 11.7 Å². The summed E-state index contributed by atoms with van der Waals surface area (Å²) in [4.78, 5) is 4.31. The highest BCUT2D eigenvalue weighted by Gasteiger charge is 2.11. The minimum atomic E-state index is -0.160. The number of aromatic nitrogens is 1. The SMILES string of the molecule is CC(C)(C)C#CCC(N)c1ncc(Br)cc1Br. The van der Waals surface area contributed by atoms with Gasteiger partial charge in [0.25, 0.3) is 0 Å². The van der Waals surface area contributed by atoms with Crippen molar-refractivity contribution < 1.29 is 0 Å². The molecule has 0 aliphatic rings. The molecule has 0 saturated heterocycles. The molecule has 1 aromatic heterocycles. The van der Waals surface area contributed by atoms with E-state index in [4.69, 9.17) is 5.73 Å². The van der Waals surface area contributed by atoms with E-state index < -0.39 is 0 Å². The van der Waals surface area contributed by atoms with Gasteiger partial charge >= 0.3 is 0 Å². The van der Waals surface area contributed by atoms with Crippen LogP contribution in [-0.2, 0) is 0 Å². The van der Waals surface area contributed by atoms with Crippen molar-refractivity contribution >= 4 is 31.9 Å². The molecule has 0 amide bonds. The zero-order chi connectivity index (χ0) is 13.1. The third-order valence-electron chi connectivity index (χ3n) is 1.97. The lowest BCUT2D eigenvalue weighted by atomic mass is 9.97. The van der Waals surface area contributed by atoms with Crippen molar-refractivity contribution in [3.05, 3.63) is 26.9 Å². The van der Waals surface area contributed by atoms with E-state index in [1.165, 1.54) is 0 Å². The third-order valence-corrected chi connectivity index (χ3v) is 3.04. The number of pyridine rings is 1. The standard InChI is InChI=1S/C13H16Br2N2/c1-13(2,3)6-4-5-11(16)12-10(15)7-9(14)8-17-12/h7-8,11H,5,16H2,1-3H3. The molecule has 1 unspecified atom stereocenters. The third kappa shape index (κ3) is 5.20. The van der Waals surface area contributed by atoms with Crippen LogP contribution in [0.2, 0.25) is 0 Å². The van der Waals surface area contributed by atoms with E-state index >= 15 is 0 Å². The lowest BCUT2D eigenvalue weighted by molar-refractivity contribution is 0.569. The Morgan fingerprint density at radius 2 is 2.06 bits per heavy atom. The Hall–Kier alpha value is -0.370. The smallest absolute Gasteiger partial charge is 0.0723 e. The molecule has 0 saturated carbocycles. The van der Waals surface area contributed by atoms with Crippen LogP contribution < -0.4 is 5.73 Å². The second-order valence-electron chi connectivity index (χ2n) is 4.88. The van der Waals surface area contributed by atoms with Crippen LogP contribution >= 0.6 is 31.9 Å². The van der Waals surface area contributed by atoms with Crippen LogP contribution in [0.15, 0.2) is 21.2 Å². The Bertz CT molecular complexity index is 453. The molecule has 0 aliphatic carbocycles. The molecule has 1 atom stereocenters. The van der Waals surface area contributed by atoms with Gasteiger partial charge in [-0.05, 0) is 58.7 Å². The average Bonchev–Trinajstić information content (AvgIpc) is 2.15. The number of rotatable bonds is 2. The minimum absolute atomic E-state index is 0.0180. The molecule has 1 aromatic rings. The molecule has 0 radical (unpaired) electrons. The molecule has 2 nitrogen and oxygen atoms in total. The number of halogens is 2. The highest BCUT2D eigenvalue weighted by Crippen LogP contribution is 2.24. The van der Waals surface area contributed by atoms with Crippen molar-refractivity contribution in [2.45, 2.75) is 33.2 Å². The first-order chi connectivity index (χ1) is 7.79. The predicted molar refractivity (Wildman–Crippen MR) is 78.4 cm³/mol. The summed E-state index contributed by atoms with van der Waals surface area (Å²) in [6.07, 6.45) is 2.36. The molecule has 92 valence electrons. The van der Waals surface area contributed by atoms with Crippen LogP contribution in [0.1, 0.15) is 38.9 Å². The summed E-state index contributed by atoms with van der Waals surface area (Å²) >= 11 is 6.82. The molecule has 0 bridgehead atoms. The van der Waals surface area contributed by atoms with Gasteiger partial charge in [0.15, 0.2) is 0 Å². The van der Waals surface area contributed by atoms with Gasteiger partial charge in [0.2, 0.25) is 0 Å². The van der Waals surface area contributed by atoms with Gasteiger partial charge in [-0.25, -0.2) is 0 Å². The zero-order valence-corrected chi connectivity index (χ0v) is 13.4. The molecule has 17 heavy (non-hydrogen) atoms. The topological polar surface area (TPSA) is 38.9 Å². The highest BCUT2D eigenvalue weighted by molar-refractivity contribution is 9.11. The lowest BCUT2D eigenvalue weighted by Crippen LogP contribution is -2.12. The fourth-order valence-electron chi connectivity index (χ4n) is 1.22. The van der Waals surface area contributed by atoms with Gasteiger partial charge in [0, 0.05) is 27.0 Å². The molecule has 0 spiro atoms. The summed E-state index contributed by atoms with van der Waals surface area (Å²) in [5.41, 5.74) is 6.93. The van der Waals surface area contributed by atoms with Crippen LogP contribution in [-0.4, -0.2) is 4.98 Å². The molecule has 2 N–H and O–H groups in total. The van der Waals surface area contributed by atoms with Crippen molar-refractivity contribution in [1.82, 2.24) is 4.98 Å². The first-order valence-electron chi connectivity index (χ1n) is 5.36. The summed E-state index contributed by atoms with van der Waals surface area (Å²) in [6.45, 7) is 6.25. The fourth-order valence-corrected chi connectivity index (χ4v) is 2.50. The first kappa shape index (κ1) is 14.7. The average molecular weight is 360 g/mol. The zero-order valence-electron chi connectivity index (χ0n) is 10.2. The van der Waals surface area contributed by atoms with E-state index in [0.717, 1.165) is 14.6 Å². The number of hydrogen-bond acceptors (Lipinski definition) is 2. The summed E-state index contributed by atoms with van der Waals surface area (Å²) in [5, 5.41) is 0.